The molecular formula is C35H38F2N6O4. The molecule has 4 atom stereocenters. The van der Waals surface area contributed by atoms with Gasteiger partial charge in [0.05, 0.1) is 17.0 Å². The Bertz CT molecular complexity index is 1820. The molecule has 1 fully saturated rings. The number of nitrogens with zero attached hydrogens (tertiary/aromatic N) is 4. The minimum Gasteiger partial charge on any atom is -0.339 e. The second-order valence-electron chi connectivity index (χ2n) is 14.0. The van der Waals surface area contributed by atoms with Crippen LogP contribution in [0.25, 0.3) is 10.9 Å². The first kappa shape index (κ1) is 33.4. The zero-order chi connectivity index (χ0) is 34.4. The van der Waals surface area contributed by atoms with E-state index >= 15 is 0 Å². The number of carbonyl (C=O) groups is 4. The first-order valence-corrected chi connectivity index (χ1v) is 15.5. The summed E-state index contributed by atoms with van der Waals surface area (Å²) in [5.41, 5.74) is -0.331. The minimum atomic E-state index is -1.09. The van der Waals surface area contributed by atoms with Crippen molar-refractivity contribution in [2.45, 2.75) is 71.0 Å². The van der Waals surface area contributed by atoms with E-state index < -0.39 is 64.2 Å². The van der Waals surface area contributed by atoms with Gasteiger partial charge in [0.15, 0.2) is 0 Å². The Morgan fingerprint density at radius 3 is 2.53 bits per heavy atom. The molecule has 2 N–H and O–H groups in total. The molecule has 0 aliphatic carbocycles. The molecule has 1 saturated heterocycles. The largest absolute Gasteiger partial charge is 0.339 e. The number of rotatable bonds is 7. The topological polar surface area (TPSA) is 136 Å². The summed E-state index contributed by atoms with van der Waals surface area (Å²) in [6, 6.07) is 10.8. The van der Waals surface area contributed by atoms with Gasteiger partial charge in [-0.1, -0.05) is 52.8 Å². The van der Waals surface area contributed by atoms with Crippen molar-refractivity contribution in [3.05, 3.63) is 71.4 Å². The third-order valence-electron chi connectivity index (χ3n) is 8.99. The minimum absolute atomic E-state index is 0.0191. The van der Waals surface area contributed by atoms with Crippen LogP contribution in [0.1, 0.15) is 63.5 Å². The van der Waals surface area contributed by atoms with Crippen LogP contribution in [0.15, 0.2) is 48.5 Å². The highest BCUT2D eigenvalue weighted by Crippen LogP contribution is 2.46. The van der Waals surface area contributed by atoms with Crippen LogP contribution in [0.2, 0.25) is 0 Å². The van der Waals surface area contributed by atoms with Crippen molar-refractivity contribution in [3.8, 4) is 6.07 Å². The van der Waals surface area contributed by atoms with Crippen molar-refractivity contribution >= 4 is 40.2 Å². The first-order chi connectivity index (χ1) is 22.1. The summed E-state index contributed by atoms with van der Waals surface area (Å²) < 4.78 is 28.0. The number of hydrogen-bond donors (Lipinski definition) is 2. The van der Waals surface area contributed by atoms with Gasteiger partial charge in [-0.25, -0.2) is 13.8 Å². The molecule has 3 aromatic rings. The van der Waals surface area contributed by atoms with Gasteiger partial charge in [0.25, 0.3) is 5.91 Å². The van der Waals surface area contributed by atoms with Crippen LogP contribution in [-0.4, -0.2) is 70.1 Å². The predicted octanol–water partition coefficient (Wildman–Crippen LogP) is 4.55. The third-order valence-corrected chi connectivity index (χ3v) is 8.99. The first-order valence-electron chi connectivity index (χ1n) is 15.5. The molecule has 5 rings (SSSR count). The van der Waals surface area contributed by atoms with E-state index in [9.17, 15) is 33.2 Å². The van der Waals surface area contributed by atoms with E-state index in [1.54, 1.807) is 26.0 Å². The Balaban J connectivity index is 1.42. The molecule has 0 radical (unpaired) electrons. The fourth-order valence-electron chi connectivity index (χ4n) is 6.53. The van der Waals surface area contributed by atoms with E-state index in [-0.39, 0.29) is 41.9 Å². The second kappa shape index (κ2) is 12.4. The Morgan fingerprint density at radius 2 is 1.87 bits per heavy atom. The molecule has 4 amide bonds. The molecule has 2 aliphatic heterocycles. The normalized spacial score (nSPS) is 20.1. The van der Waals surface area contributed by atoms with Crippen LogP contribution in [0.4, 0.5) is 14.5 Å². The van der Waals surface area contributed by atoms with E-state index in [1.165, 1.54) is 29.0 Å². The standard InChI is InChI=1S/C35H38F2N6O4/c1-19(2)29(41-30(44)26-12-11-22-24(37)13-20(36)14-27(22)39-26)32(46)42(6)28(16-34(3,4)5)31(45)43-18-35(15-21(43)17-38)23-9-7-8-10-25(23)40-33(35)47/h7-14,19,21,28-29H,15-16,18H2,1-6H3,(H,40,47)(H,41,44)/t21-,28-,29?,35-/m0/s1. The van der Waals surface area contributed by atoms with E-state index in [2.05, 4.69) is 21.7 Å². The lowest BCUT2D eigenvalue weighted by molar-refractivity contribution is -0.147. The number of nitrogens with one attached hydrogen (secondary N) is 2. The predicted molar refractivity (Wildman–Crippen MR) is 171 cm³/mol. The van der Waals surface area contributed by atoms with Crippen LogP contribution < -0.4 is 10.6 Å². The molecule has 1 aromatic heterocycles. The van der Waals surface area contributed by atoms with Gasteiger partial charge in [-0.15, -0.1) is 0 Å². The number of amides is 4. The summed E-state index contributed by atoms with van der Waals surface area (Å²) in [7, 11) is 1.49. The number of halogens is 2. The number of fused-ring (bicyclic) bond motifs is 3. The quantitative estimate of drug-likeness (QED) is 0.388. The zero-order valence-corrected chi connectivity index (χ0v) is 27.2. The van der Waals surface area contributed by atoms with E-state index in [0.29, 0.717) is 5.69 Å². The molecule has 2 aliphatic rings. The Labute approximate surface area is 272 Å². The summed E-state index contributed by atoms with van der Waals surface area (Å²) in [5, 5.41) is 15.8. The smallest absolute Gasteiger partial charge is 0.270 e. The maximum atomic E-state index is 14.4. The average molecular weight is 645 g/mol. The summed E-state index contributed by atoms with van der Waals surface area (Å²) in [6.07, 6.45) is 0.357. The van der Waals surface area contributed by atoms with Gasteiger partial charge in [0, 0.05) is 43.2 Å². The van der Waals surface area contributed by atoms with Gasteiger partial charge in [-0.3, -0.25) is 19.2 Å². The van der Waals surface area contributed by atoms with Crippen molar-refractivity contribution in [1.82, 2.24) is 20.1 Å². The van der Waals surface area contributed by atoms with Gasteiger partial charge in [0.2, 0.25) is 17.7 Å². The fraction of sp³-hybridized carbons (Fsp3) is 0.429. The lowest BCUT2D eigenvalue weighted by Gasteiger charge is -2.37. The monoisotopic (exact) mass is 644 g/mol. The molecule has 0 bridgehead atoms. The number of pyridine rings is 1. The van der Waals surface area contributed by atoms with Gasteiger partial charge in [-0.05, 0) is 41.5 Å². The van der Waals surface area contributed by atoms with Crippen LogP contribution >= 0.6 is 0 Å². The molecule has 1 spiro atoms. The summed E-state index contributed by atoms with van der Waals surface area (Å²) >= 11 is 0. The number of aromatic nitrogens is 1. The fourth-order valence-corrected chi connectivity index (χ4v) is 6.53. The Hall–Kier alpha value is -4.92. The van der Waals surface area contributed by atoms with Crippen LogP contribution in [0, 0.1) is 34.3 Å². The van der Waals surface area contributed by atoms with E-state index in [4.69, 9.17) is 0 Å². The van der Waals surface area contributed by atoms with Crippen LogP contribution in [0.3, 0.4) is 0 Å². The maximum absolute atomic E-state index is 14.4. The lowest BCUT2D eigenvalue weighted by Crippen LogP contribution is -2.57. The van der Waals surface area contributed by atoms with Crippen LogP contribution in [-0.2, 0) is 19.8 Å². The maximum Gasteiger partial charge on any atom is 0.270 e. The molecule has 10 nitrogen and oxygen atoms in total. The molecule has 0 saturated carbocycles. The van der Waals surface area contributed by atoms with Crippen molar-refractivity contribution < 1.29 is 28.0 Å². The van der Waals surface area contributed by atoms with E-state index in [0.717, 1.165) is 17.7 Å². The molecule has 47 heavy (non-hydrogen) atoms. The summed E-state index contributed by atoms with van der Waals surface area (Å²) in [5.74, 6) is -4.09. The number of likely N-dealkylation sites (N-methyl/N-ethyl adjacent to an activating group) is 1. The van der Waals surface area contributed by atoms with Crippen molar-refractivity contribution in [1.29, 1.82) is 5.26 Å². The highest BCUT2D eigenvalue weighted by molar-refractivity contribution is 6.07. The number of anilines is 1. The van der Waals surface area contributed by atoms with Gasteiger partial charge >= 0.3 is 0 Å². The average Bonchev–Trinajstić information content (AvgIpc) is 3.54. The van der Waals surface area contributed by atoms with Crippen LogP contribution in [0.5, 0.6) is 0 Å². The molecule has 2 aromatic carbocycles. The van der Waals surface area contributed by atoms with Crippen molar-refractivity contribution in [3.63, 3.8) is 0 Å². The summed E-state index contributed by atoms with van der Waals surface area (Å²) in [6.45, 7) is 9.24. The number of nitriles is 1. The van der Waals surface area contributed by atoms with Gasteiger partial charge < -0.3 is 20.4 Å². The number of hydrogen-bond acceptors (Lipinski definition) is 6. The zero-order valence-electron chi connectivity index (χ0n) is 27.2. The SMILES string of the molecule is CC(C)C(NC(=O)c1ccc2c(F)cc(F)cc2n1)C(=O)N(C)[C@@H](CC(C)(C)C)C(=O)N1C[C@]2(C[C@H]1C#N)C(=O)Nc1ccccc12. The highest BCUT2D eigenvalue weighted by atomic mass is 19.1. The van der Waals surface area contributed by atoms with Crippen molar-refractivity contribution in [2.24, 2.45) is 11.3 Å². The molecule has 3 heterocycles. The molecule has 12 heteroatoms. The van der Waals surface area contributed by atoms with E-state index in [1.807, 2.05) is 32.9 Å². The van der Waals surface area contributed by atoms with Gasteiger partial charge in [-0.2, -0.15) is 5.26 Å². The van der Waals surface area contributed by atoms with Gasteiger partial charge in [0.1, 0.15) is 35.5 Å². The number of benzene rings is 2. The lowest BCUT2D eigenvalue weighted by atomic mass is 9.80. The molecule has 246 valence electrons. The number of carbonyl (C=O) groups excluding carboxylic acids is 4. The third kappa shape index (κ3) is 6.26. The second-order valence-corrected chi connectivity index (χ2v) is 14.0. The Morgan fingerprint density at radius 1 is 1.17 bits per heavy atom. The Kier molecular flexibility index (Phi) is 8.79. The summed E-state index contributed by atoms with van der Waals surface area (Å²) in [4.78, 5) is 62.0. The number of para-hydroxylation sites is 1. The highest BCUT2D eigenvalue weighted by Gasteiger charge is 2.57. The molecular weight excluding hydrogens is 606 g/mol. The molecule has 1 unspecified atom stereocenters. The number of likely N-dealkylation sites (tertiary alicyclic amines) is 1. The van der Waals surface area contributed by atoms with Crippen molar-refractivity contribution in [2.75, 3.05) is 18.9 Å².